The molecule has 1 amide bonds. The van der Waals surface area contributed by atoms with Crippen LogP contribution in [0.4, 0.5) is 0 Å². The molecule has 0 bridgehead atoms. The number of methoxy groups -OCH3 is 1. The molecule has 0 aliphatic heterocycles. The highest BCUT2D eigenvalue weighted by atomic mass is 16.5. The Morgan fingerprint density at radius 3 is 2.24 bits per heavy atom. The van der Waals surface area contributed by atoms with Gasteiger partial charge in [-0.1, -0.05) is 30.3 Å². The normalized spacial score (nSPS) is 10.8. The lowest BCUT2D eigenvalue weighted by atomic mass is 10.2. The summed E-state index contributed by atoms with van der Waals surface area (Å²) in [5.74, 6) is -1.84. The Labute approximate surface area is 122 Å². The summed E-state index contributed by atoms with van der Waals surface area (Å²) in [5, 5.41) is 8.22. The minimum Gasteiger partial charge on any atom is -0.480 e. The molecule has 1 aromatic rings. The predicted octanol–water partition coefficient (Wildman–Crippen LogP) is 0.0659. The summed E-state index contributed by atoms with van der Waals surface area (Å²) in [6.45, 7) is 0. The molecule has 116 valence electrons. The molecule has 0 saturated heterocycles. The Morgan fingerprint density at radius 1 is 1.24 bits per heavy atom. The first kappa shape index (κ1) is 18.6. The lowest BCUT2D eigenvalue weighted by Gasteiger charge is -2.01. The maximum Gasteiger partial charge on any atom is 0.320 e. The largest absolute Gasteiger partial charge is 0.480 e. The van der Waals surface area contributed by atoms with Crippen LogP contribution in [0.5, 0.6) is 0 Å². The van der Waals surface area contributed by atoms with Crippen LogP contribution in [0.2, 0.25) is 0 Å². The maximum absolute atomic E-state index is 10.8. The number of esters is 1. The zero-order valence-corrected chi connectivity index (χ0v) is 11.8. The van der Waals surface area contributed by atoms with Crippen LogP contribution in [0.15, 0.2) is 30.3 Å². The van der Waals surface area contributed by atoms with Crippen molar-refractivity contribution in [3.8, 4) is 0 Å². The number of hydrogen-bond donors (Lipinski definition) is 3. The summed E-state index contributed by atoms with van der Waals surface area (Å²) < 4.78 is 4.52. The molecule has 1 atom stereocenters. The number of ether oxygens (including phenoxy) is 1. The number of carboxylic acids is 1. The molecule has 7 nitrogen and oxygen atoms in total. The van der Waals surface area contributed by atoms with Gasteiger partial charge in [-0.3, -0.25) is 14.4 Å². The van der Waals surface area contributed by atoms with Crippen molar-refractivity contribution in [3.63, 3.8) is 0 Å². The van der Waals surface area contributed by atoms with E-state index in [2.05, 4.69) is 4.74 Å². The highest BCUT2D eigenvalue weighted by Crippen LogP contribution is 1.99. The number of hydrogen-bond acceptors (Lipinski definition) is 5. The Hall–Kier alpha value is -2.41. The average Bonchev–Trinajstić information content (AvgIpc) is 2.46. The van der Waals surface area contributed by atoms with Gasteiger partial charge in [0.15, 0.2) is 0 Å². The second kappa shape index (κ2) is 10.4. The molecule has 0 fully saturated rings. The molecule has 0 unspecified atom stereocenters. The topological polar surface area (TPSA) is 133 Å². The summed E-state index contributed by atoms with van der Waals surface area (Å²) >= 11 is 0. The zero-order valence-electron chi connectivity index (χ0n) is 11.8. The van der Waals surface area contributed by atoms with Gasteiger partial charge in [-0.2, -0.15) is 0 Å². The number of nitrogens with two attached hydrogens (primary N) is 2. The monoisotopic (exact) mass is 296 g/mol. The molecular weight excluding hydrogens is 276 g/mol. The first-order valence-corrected chi connectivity index (χ1v) is 6.24. The number of carbonyl (C=O) groups excluding carboxylic acids is 2. The second-order valence-corrected chi connectivity index (χ2v) is 4.19. The van der Waals surface area contributed by atoms with E-state index in [9.17, 15) is 14.4 Å². The Bertz CT molecular complexity index is 462. The molecule has 1 aromatic carbocycles. The van der Waals surface area contributed by atoms with E-state index in [0.717, 1.165) is 5.56 Å². The maximum atomic E-state index is 10.8. The molecule has 0 aliphatic rings. The van der Waals surface area contributed by atoms with Crippen molar-refractivity contribution >= 4 is 17.8 Å². The van der Waals surface area contributed by atoms with Gasteiger partial charge in [-0.15, -0.1) is 0 Å². The minimum absolute atomic E-state index is 0.0213. The van der Waals surface area contributed by atoms with Gasteiger partial charge < -0.3 is 21.3 Å². The summed E-state index contributed by atoms with van der Waals surface area (Å²) in [7, 11) is 1.39. The van der Waals surface area contributed by atoms with Crippen molar-refractivity contribution in [2.24, 2.45) is 11.5 Å². The summed E-state index contributed by atoms with van der Waals surface area (Å²) in [4.78, 5) is 30.9. The van der Waals surface area contributed by atoms with Crippen molar-refractivity contribution in [1.82, 2.24) is 0 Å². The molecule has 0 saturated carbocycles. The Kier molecular flexibility index (Phi) is 9.19. The van der Waals surface area contributed by atoms with Gasteiger partial charge in [0.05, 0.1) is 13.5 Å². The highest BCUT2D eigenvalue weighted by Gasteiger charge is 2.11. The SMILES string of the molecule is COC(=O)Cc1ccccc1.NC(=O)CC[C@H](N)C(=O)O. The van der Waals surface area contributed by atoms with Gasteiger partial charge in [-0.05, 0) is 12.0 Å². The van der Waals surface area contributed by atoms with Crippen molar-refractivity contribution in [1.29, 1.82) is 0 Å². The number of carboxylic acid groups (broad SMARTS) is 1. The highest BCUT2D eigenvalue weighted by molar-refractivity contribution is 5.77. The molecule has 21 heavy (non-hydrogen) atoms. The van der Waals surface area contributed by atoms with E-state index < -0.39 is 17.9 Å². The third-order valence-corrected chi connectivity index (χ3v) is 2.44. The quantitative estimate of drug-likeness (QED) is 0.636. The summed E-state index contributed by atoms with van der Waals surface area (Å²) in [6, 6.07) is 8.54. The Morgan fingerprint density at radius 2 is 1.81 bits per heavy atom. The number of amides is 1. The van der Waals surface area contributed by atoms with Crippen molar-refractivity contribution < 1.29 is 24.2 Å². The fourth-order valence-electron chi connectivity index (χ4n) is 1.26. The Balaban J connectivity index is 0.000000384. The van der Waals surface area contributed by atoms with Crippen LogP contribution < -0.4 is 11.5 Å². The molecule has 0 spiro atoms. The number of carbonyl (C=O) groups is 3. The predicted molar refractivity (Wildman–Crippen MR) is 76.2 cm³/mol. The van der Waals surface area contributed by atoms with Gasteiger partial charge in [0.2, 0.25) is 5.91 Å². The van der Waals surface area contributed by atoms with Crippen LogP contribution in [0.25, 0.3) is 0 Å². The van der Waals surface area contributed by atoms with Crippen LogP contribution in [-0.2, 0) is 25.5 Å². The van der Waals surface area contributed by atoms with E-state index in [0.29, 0.717) is 6.42 Å². The van der Waals surface area contributed by atoms with Gasteiger partial charge in [0, 0.05) is 6.42 Å². The molecule has 7 heteroatoms. The van der Waals surface area contributed by atoms with E-state index in [1.54, 1.807) is 0 Å². The lowest BCUT2D eigenvalue weighted by Crippen LogP contribution is -2.31. The van der Waals surface area contributed by atoms with Crippen LogP contribution in [0.1, 0.15) is 18.4 Å². The number of aliphatic carboxylic acids is 1. The van der Waals surface area contributed by atoms with E-state index in [1.807, 2.05) is 30.3 Å². The summed E-state index contributed by atoms with van der Waals surface area (Å²) in [5.41, 5.74) is 10.8. The lowest BCUT2D eigenvalue weighted by molar-refractivity contribution is -0.140. The molecule has 0 aromatic heterocycles. The van der Waals surface area contributed by atoms with Gasteiger partial charge >= 0.3 is 11.9 Å². The average molecular weight is 296 g/mol. The number of primary amides is 1. The van der Waals surface area contributed by atoms with Gasteiger partial charge in [0.25, 0.3) is 0 Å². The first-order valence-electron chi connectivity index (χ1n) is 6.24. The second-order valence-electron chi connectivity index (χ2n) is 4.19. The first-order chi connectivity index (χ1) is 9.86. The molecule has 0 aliphatic carbocycles. The van der Waals surface area contributed by atoms with Crippen molar-refractivity contribution in [2.45, 2.75) is 25.3 Å². The van der Waals surface area contributed by atoms with Crippen molar-refractivity contribution in [3.05, 3.63) is 35.9 Å². The number of rotatable bonds is 6. The third-order valence-electron chi connectivity index (χ3n) is 2.44. The molecule has 1 rings (SSSR count). The summed E-state index contributed by atoms with van der Waals surface area (Å²) in [6.07, 6.45) is 0.482. The van der Waals surface area contributed by atoms with E-state index in [4.69, 9.17) is 16.6 Å². The fraction of sp³-hybridized carbons (Fsp3) is 0.357. The molecule has 0 heterocycles. The molecule has 5 N–H and O–H groups in total. The van der Waals surface area contributed by atoms with E-state index in [1.165, 1.54) is 7.11 Å². The van der Waals surface area contributed by atoms with Crippen LogP contribution in [0, 0.1) is 0 Å². The fourth-order valence-corrected chi connectivity index (χ4v) is 1.26. The third kappa shape index (κ3) is 10.1. The van der Waals surface area contributed by atoms with Crippen LogP contribution in [-0.4, -0.2) is 36.1 Å². The number of benzene rings is 1. The molecular formula is C14H20N2O5. The van der Waals surface area contributed by atoms with Crippen LogP contribution >= 0.6 is 0 Å². The van der Waals surface area contributed by atoms with Crippen LogP contribution in [0.3, 0.4) is 0 Å². The van der Waals surface area contributed by atoms with Gasteiger partial charge in [0.1, 0.15) is 6.04 Å². The smallest absolute Gasteiger partial charge is 0.320 e. The zero-order chi connectivity index (χ0) is 16.3. The van der Waals surface area contributed by atoms with E-state index >= 15 is 0 Å². The standard InChI is InChI=1S/C9H10O2.C5H10N2O3/c1-11-9(10)7-8-5-3-2-4-6-8;6-3(5(9)10)1-2-4(7)8/h2-6H,7H2,1H3;3H,1-2,6H2,(H2,7,8)(H,9,10)/t;3-/m.0/s1. The molecule has 0 radical (unpaired) electrons. The van der Waals surface area contributed by atoms with Gasteiger partial charge in [-0.25, -0.2) is 0 Å². The van der Waals surface area contributed by atoms with Crippen molar-refractivity contribution in [2.75, 3.05) is 7.11 Å². The minimum atomic E-state index is -1.11. The van der Waals surface area contributed by atoms with E-state index in [-0.39, 0.29) is 18.8 Å².